The highest BCUT2D eigenvalue weighted by molar-refractivity contribution is 7.99. The highest BCUT2D eigenvalue weighted by Gasteiger charge is 2.09. The Morgan fingerprint density at radius 2 is 2.25 bits per heavy atom. The van der Waals surface area contributed by atoms with Crippen LogP contribution in [0.4, 0.5) is 0 Å². The monoisotopic (exact) mass is 309 g/mol. The Kier molecular flexibility index (Phi) is 5.52. The predicted octanol–water partition coefficient (Wildman–Crippen LogP) is 4.29. The van der Waals surface area contributed by atoms with Crippen LogP contribution < -0.4 is 5.32 Å². The van der Waals surface area contributed by atoms with Crippen LogP contribution in [-0.2, 0) is 7.05 Å². The maximum absolute atomic E-state index is 6.39. The molecule has 1 unspecified atom stereocenters. The fourth-order valence-electron chi connectivity index (χ4n) is 1.93. The highest BCUT2D eigenvalue weighted by Crippen LogP contribution is 2.34. The maximum Gasteiger partial charge on any atom is 0.0629 e. The Labute approximate surface area is 129 Å². The lowest BCUT2D eigenvalue weighted by molar-refractivity contribution is 0.570. The van der Waals surface area contributed by atoms with Gasteiger partial charge in [0.1, 0.15) is 0 Å². The van der Waals surface area contributed by atoms with E-state index in [2.05, 4.69) is 36.4 Å². The topological polar surface area (TPSA) is 29.9 Å². The molecule has 3 nitrogen and oxygen atoms in total. The van der Waals surface area contributed by atoms with Crippen molar-refractivity contribution >= 4 is 23.4 Å². The van der Waals surface area contributed by atoms with Gasteiger partial charge in [-0.3, -0.25) is 4.68 Å². The maximum atomic E-state index is 6.39. The van der Waals surface area contributed by atoms with Crippen LogP contribution in [0.25, 0.3) is 0 Å². The summed E-state index contributed by atoms with van der Waals surface area (Å²) >= 11 is 8.03. The zero-order valence-electron chi connectivity index (χ0n) is 12.1. The van der Waals surface area contributed by atoms with Gasteiger partial charge in [-0.25, -0.2) is 0 Å². The molecule has 0 aliphatic carbocycles. The average molecular weight is 310 g/mol. The van der Waals surface area contributed by atoms with E-state index in [9.17, 15) is 0 Å². The normalized spacial score (nSPS) is 12.6. The van der Waals surface area contributed by atoms with Gasteiger partial charge < -0.3 is 5.32 Å². The quantitative estimate of drug-likeness (QED) is 0.863. The Hall–Kier alpha value is -0.970. The SMILES string of the molecule is CCCNC(C)c1ccc(Sc2cnn(C)c2)c(Cl)c1. The summed E-state index contributed by atoms with van der Waals surface area (Å²) in [6.45, 7) is 5.35. The Morgan fingerprint density at radius 3 is 2.85 bits per heavy atom. The summed E-state index contributed by atoms with van der Waals surface area (Å²) in [5, 5.41) is 8.43. The molecule has 20 heavy (non-hydrogen) atoms. The number of hydrogen-bond acceptors (Lipinski definition) is 3. The van der Waals surface area contributed by atoms with Crippen LogP contribution in [0.5, 0.6) is 0 Å². The number of nitrogens with zero attached hydrogens (tertiary/aromatic N) is 2. The van der Waals surface area contributed by atoms with Crippen LogP contribution >= 0.6 is 23.4 Å². The van der Waals surface area contributed by atoms with Gasteiger partial charge in [-0.15, -0.1) is 0 Å². The molecule has 0 aliphatic heterocycles. The van der Waals surface area contributed by atoms with Crippen molar-refractivity contribution in [3.05, 3.63) is 41.2 Å². The molecule has 1 aromatic heterocycles. The number of rotatable bonds is 6. The van der Waals surface area contributed by atoms with Crippen LogP contribution in [0.1, 0.15) is 31.9 Å². The lowest BCUT2D eigenvalue weighted by Crippen LogP contribution is -2.19. The third kappa shape index (κ3) is 4.01. The number of aromatic nitrogens is 2. The lowest BCUT2D eigenvalue weighted by Gasteiger charge is -2.14. The summed E-state index contributed by atoms with van der Waals surface area (Å²) in [6, 6.07) is 6.59. The van der Waals surface area contributed by atoms with Crippen molar-refractivity contribution in [3.8, 4) is 0 Å². The highest BCUT2D eigenvalue weighted by atomic mass is 35.5. The van der Waals surface area contributed by atoms with Gasteiger partial charge in [0.15, 0.2) is 0 Å². The van der Waals surface area contributed by atoms with Crippen LogP contribution in [0, 0.1) is 0 Å². The summed E-state index contributed by atoms with van der Waals surface area (Å²) in [5.74, 6) is 0. The predicted molar refractivity (Wildman–Crippen MR) is 85.5 cm³/mol. The zero-order chi connectivity index (χ0) is 14.5. The fourth-order valence-corrected chi connectivity index (χ4v) is 3.08. The second-order valence-corrected chi connectivity index (χ2v) is 6.34. The van der Waals surface area contributed by atoms with E-state index < -0.39 is 0 Å². The van der Waals surface area contributed by atoms with Crippen molar-refractivity contribution in [2.45, 2.75) is 36.1 Å². The molecule has 5 heteroatoms. The fraction of sp³-hybridized carbons (Fsp3) is 0.400. The lowest BCUT2D eigenvalue weighted by atomic mass is 10.1. The zero-order valence-corrected chi connectivity index (χ0v) is 13.6. The molecule has 0 amide bonds. The second kappa shape index (κ2) is 7.16. The van der Waals surface area contributed by atoms with Crippen LogP contribution in [0.15, 0.2) is 40.4 Å². The van der Waals surface area contributed by atoms with Gasteiger partial charge >= 0.3 is 0 Å². The van der Waals surface area contributed by atoms with Crippen LogP contribution in [0.2, 0.25) is 5.02 Å². The molecule has 108 valence electrons. The van der Waals surface area contributed by atoms with Crippen molar-refractivity contribution in [3.63, 3.8) is 0 Å². The van der Waals surface area contributed by atoms with E-state index in [4.69, 9.17) is 11.6 Å². The molecule has 2 aromatic rings. The first-order valence-corrected chi connectivity index (χ1v) is 7.99. The molecule has 1 aromatic carbocycles. The van der Waals surface area contributed by atoms with Crippen molar-refractivity contribution in [1.82, 2.24) is 15.1 Å². The average Bonchev–Trinajstić information content (AvgIpc) is 2.83. The van der Waals surface area contributed by atoms with E-state index in [0.717, 1.165) is 27.8 Å². The summed E-state index contributed by atoms with van der Waals surface area (Å²) in [5.41, 5.74) is 1.22. The molecule has 0 bridgehead atoms. The largest absolute Gasteiger partial charge is 0.310 e. The first kappa shape index (κ1) is 15.4. The van der Waals surface area contributed by atoms with E-state index in [0.29, 0.717) is 6.04 Å². The molecule has 0 saturated carbocycles. The first-order chi connectivity index (χ1) is 9.60. The van der Waals surface area contributed by atoms with Crippen molar-refractivity contribution in [1.29, 1.82) is 0 Å². The molecule has 1 heterocycles. The van der Waals surface area contributed by atoms with E-state index >= 15 is 0 Å². The molecule has 1 atom stereocenters. The third-order valence-electron chi connectivity index (χ3n) is 3.07. The first-order valence-electron chi connectivity index (χ1n) is 6.79. The van der Waals surface area contributed by atoms with E-state index in [1.165, 1.54) is 5.56 Å². The van der Waals surface area contributed by atoms with Gasteiger partial charge in [0.05, 0.1) is 16.1 Å². The number of aryl methyl sites for hydroxylation is 1. The molecule has 0 aliphatic rings. The van der Waals surface area contributed by atoms with Crippen molar-refractivity contribution in [2.24, 2.45) is 7.05 Å². The molecule has 0 radical (unpaired) electrons. The Bertz CT molecular complexity index is 568. The Balaban J connectivity index is 2.09. The van der Waals surface area contributed by atoms with Gasteiger partial charge in [-0.1, -0.05) is 36.4 Å². The number of halogens is 1. The van der Waals surface area contributed by atoms with Gasteiger partial charge in [-0.05, 0) is 37.6 Å². The minimum Gasteiger partial charge on any atom is -0.310 e. The second-order valence-electron chi connectivity index (χ2n) is 4.82. The summed E-state index contributed by atoms with van der Waals surface area (Å²) in [4.78, 5) is 2.16. The van der Waals surface area contributed by atoms with Crippen molar-refractivity contribution < 1.29 is 0 Å². The molecular weight excluding hydrogens is 290 g/mol. The van der Waals surface area contributed by atoms with E-state index in [1.807, 2.05) is 25.5 Å². The number of nitrogens with one attached hydrogen (secondary N) is 1. The van der Waals surface area contributed by atoms with Gasteiger partial charge in [0.25, 0.3) is 0 Å². The van der Waals surface area contributed by atoms with E-state index in [1.54, 1.807) is 16.4 Å². The molecule has 0 spiro atoms. The van der Waals surface area contributed by atoms with Crippen LogP contribution in [0.3, 0.4) is 0 Å². The van der Waals surface area contributed by atoms with Gasteiger partial charge in [0.2, 0.25) is 0 Å². The smallest absolute Gasteiger partial charge is 0.0629 e. The molecule has 2 rings (SSSR count). The summed E-state index contributed by atoms with van der Waals surface area (Å²) in [6.07, 6.45) is 4.97. The minimum atomic E-state index is 0.324. The third-order valence-corrected chi connectivity index (χ3v) is 4.51. The molecule has 0 fully saturated rings. The van der Waals surface area contributed by atoms with Crippen LogP contribution in [-0.4, -0.2) is 16.3 Å². The van der Waals surface area contributed by atoms with E-state index in [-0.39, 0.29) is 0 Å². The molecule has 0 saturated heterocycles. The van der Waals surface area contributed by atoms with Gasteiger partial charge in [-0.2, -0.15) is 5.10 Å². The number of hydrogen-bond donors (Lipinski definition) is 1. The Morgan fingerprint density at radius 1 is 1.45 bits per heavy atom. The van der Waals surface area contributed by atoms with Gasteiger partial charge in [0, 0.05) is 24.2 Å². The summed E-state index contributed by atoms with van der Waals surface area (Å²) in [7, 11) is 1.91. The standard InChI is InChI=1S/C15H20ClN3S/c1-4-7-17-11(2)12-5-6-15(14(16)8-12)20-13-9-18-19(3)10-13/h5-6,8-11,17H,4,7H2,1-3H3. The molecule has 1 N–H and O–H groups in total. The molecular formula is C15H20ClN3S. The summed E-state index contributed by atoms with van der Waals surface area (Å²) < 4.78 is 1.79. The number of benzene rings is 1. The van der Waals surface area contributed by atoms with Crippen molar-refractivity contribution in [2.75, 3.05) is 6.54 Å². The minimum absolute atomic E-state index is 0.324.